The highest BCUT2D eigenvalue weighted by Crippen LogP contribution is 2.21. The predicted molar refractivity (Wildman–Crippen MR) is 59.3 cm³/mol. The Balaban J connectivity index is 2.79. The standard InChI is InChI=1S/C12H15FO4/c1-3-17-12(15)10(14)7-8-6-9(13)4-5-11(8)16-2/h4-6,10,14H,3,7H2,1-2H3/t10-/m1/s1. The number of rotatable bonds is 5. The molecule has 0 aromatic heterocycles. The average molecular weight is 242 g/mol. The zero-order valence-corrected chi connectivity index (χ0v) is 9.77. The summed E-state index contributed by atoms with van der Waals surface area (Å²) < 4.78 is 22.7. The van der Waals surface area contributed by atoms with Gasteiger partial charge in [-0.05, 0) is 25.1 Å². The number of aliphatic hydroxyl groups excluding tert-OH is 1. The second-order valence-electron chi connectivity index (χ2n) is 3.43. The number of benzene rings is 1. The highest BCUT2D eigenvalue weighted by Gasteiger charge is 2.19. The average Bonchev–Trinajstić information content (AvgIpc) is 2.29. The molecule has 0 heterocycles. The van der Waals surface area contributed by atoms with Crippen LogP contribution >= 0.6 is 0 Å². The fourth-order valence-electron chi connectivity index (χ4n) is 1.44. The van der Waals surface area contributed by atoms with Crippen molar-refractivity contribution in [3.05, 3.63) is 29.6 Å². The molecule has 1 N–H and O–H groups in total. The van der Waals surface area contributed by atoms with E-state index in [0.29, 0.717) is 11.3 Å². The van der Waals surface area contributed by atoms with Crippen LogP contribution in [0, 0.1) is 5.82 Å². The van der Waals surface area contributed by atoms with Crippen LogP contribution in [0.25, 0.3) is 0 Å². The highest BCUT2D eigenvalue weighted by atomic mass is 19.1. The van der Waals surface area contributed by atoms with Gasteiger partial charge in [0.2, 0.25) is 0 Å². The second-order valence-corrected chi connectivity index (χ2v) is 3.43. The molecule has 0 bridgehead atoms. The van der Waals surface area contributed by atoms with Crippen LogP contribution in [0.5, 0.6) is 5.75 Å². The molecule has 0 amide bonds. The second kappa shape index (κ2) is 6.20. The summed E-state index contributed by atoms with van der Waals surface area (Å²) in [5.41, 5.74) is 0.424. The summed E-state index contributed by atoms with van der Waals surface area (Å²) in [5, 5.41) is 9.56. The van der Waals surface area contributed by atoms with Gasteiger partial charge in [-0.1, -0.05) is 0 Å². The SMILES string of the molecule is CCOC(=O)[C@H](O)Cc1cc(F)ccc1OC. The van der Waals surface area contributed by atoms with Gasteiger partial charge < -0.3 is 14.6 Å². The smallest absolute Gasteiger partial charge is 0.335 e. The summed E-state index contributed by atoms with van der Waals surface area (Å²) in [5.74, 6) is -0.745. The van der Waals surface area contributed by atoms with E-state index in [-0.39, 0.29) is 13.0 Å². The van der Waals surface area contributed by atoms with Gasteiger partial charge in [0.05, 0.1) is 13.7 Å². The molecule has 1 aromatic rings. The van der Waals surface area contributed by atoms with E-state index in [1.807, 2.05) is 0 Å². The van der Waals surface area contributed by atoms with E-state index in [4.69, 9.17) is 4.74 Å². The minimum atomic E-state index is -1.31. The third kappa shape index (κ3) is 3.71. The van der Waals surface area contributed by atoms with Crippen molar-refractivity contribution >= 4 is 5.97 Å². The molecule has 0 fully saturated rings. The number of hydrogen-bond donors (Lipinski definition) is 1. The summed E-state index contributed by atoms with van der Waals surface area (Å²) >= 11 is 0. The van der Waals surface area contributed by atoms with Crippen molar-refractivity contribution in [2.24, 2.45) is 0 Å². The Morgan fingerprint density at radius 3 is 2.82 bits per heavy atom. The molecular formula is C12H15FO4. The molecule has 17 heavy (non-hydrogen) atoms. The minimum Gasteiger partial charge on any atom is -0.496 e. The van der Waals surface area contributed by atoms with Crippen LogP contribution in [0.4, 0.5) is 4.39 Å². The molecule has 0 aliphatic heterocycles. The molecule has 0 saturated carbocycles. The number of carbonyl (C=O) groups is 1. The van der Waals surface area contributed by atoms with Gasteiger partial charge in [0, 0.05) is 12.0 Å². The molecule has 0 radical (unpaired) electrons. The van der Waals surface area contributed by atoms with Gasteiger partial charge >= 0.3 is 5.97 Å². The zero-order valence-electron chi connectivity index (χ0n) is 9.77. The van der Waals surface area contributed by atoms with Gasteiger partial charge in [-0.2, -0.15) is 0 Å². The van der Waals surface area contributed by atoms with E-state index < -0.39 is 17.9 Å². The van der Waals surface area contributed by atoms with Crippen molar-refractivity contribution in [3.8, 4) is 5.75 Å². The summed E-state index contributed by atoms with van der Waals surface area (Å²) in [6.07, 6.45) is -1.36. The van der Waals surface area contributed by atoms with E-state index in [9.17, 15) is 14.3 Å². The summed E-state index contributed by atoms with van der Waals surface area (Å²) in [4.78, 5) is 11.2. The van der Waals surface area contributed by atoms with Crippen LogP contribution in [-0.4, -0.2) is 30.9 Å². The van der Waals surface area contributed by atoms with Gasteiger partial charge in [-0.15, -0.1) is 0 Å². The van der Waals surface area contributed by atoms with E-state index in [0.717, 1.165) is 0 Å². The van der Waals surface area contributed by atoms with E-state index in [1.165, 1.54) is 25.3 Å². The van der Waals surface area contributed by atoms with Crippen molar-refractivity contribution in [1.82, 2.24) is 0 Å². The number of halogens is 1. The monoisotopic (exact) mass is 242 g/mol. The normalized spacial score (nSPS) is 12.0. The van der Waals surface area contributed by atoms with Gasteiger partial charge in [-0.3, -0.25) is 0 Å². The number of carbonyl (C=O) groups excluding carboxylic acids is 1. The van der Waals surface area contributed by atoms with Crippen LogP contribution in [0.2, 0.25) is 0 Å². The Morgan fingerprint density at radius 1 is 1.53 bits per heavy atom. The molecule has 4 nitrogen and oxygen atoms in total. The first kappa shape index (κ1) is 13.4. The zero-order chi connectivity index (χ0) is 12.8. The number of ether oxygens (including phenoxy) is 2. The van der Waals surface area contributed by atoms with Crippen LogP contribution in [-0.2, 0) is 16.0 Å². The Morgan fingerprint density at radius 2 is 2.24 bits per heavy atom. The molecule has 1 rings (SSSR count). The van der Waals surface area contributed by atoms with Gasteiger partial charge in [0.15, 0.2) is 6.10 Å². The fraction of sp³-hybridized carbons (Fsp3) is 0.417. The quantitative estimate of drug-likeness (QED) is 0.791. The first-order chi connectivity index (χ1) is 8.08. The van der Waals surface area contributed by atoms with Crippen molar-refractivity contribution < 1.29 is 23.8 Å². The molecule has 5 heteroatoms. The molecule has 0 aliphatic carbocycles. The molecule has 0 spiro atoms. The Bertz CT molecular complexity index is 392. The molecule has 1 atom stereocenters. The summed E-state index contributed by atoms with van der Waals surface area (Å²) in [7, 11) is 1.44. The highest BCUT2D eigenvalue weighted by molar-refractivity contribution is 5.74. The maximum Gasteiger partial charge on any atom is 0.335 e. The minimum absolute atomic E-state index is 0.0419. The van der Waals surface area contributed by atoms with Crippen molar-refractivity contribution in [3.63, 3.8) is 0 Å². The van der Waals surface area contributed by atoms with Crippen LogP contribution in [0.3, 0.4) is 0 Å². The summed E-state index contributed by atoms with van der Waals surface area (Å²) in [6.45, 7) is 1.84. The maximum absolute atomic E-state index is 13.0. The lowest BCUT2D eigenvalue weighted by atomic mass is 10.1. The molecule has 94 valence electrons. The van der Waals surface area contributed by atoms with Crippen LogP contribution in [0.1, 0.15) is 12.5 Å². The number of esters is 1. The topological polar surface area (TPSA) is 55.8 Å². The van der Waals surface area contributed by atoms with Crippen LogP contribution < -0.4 is 4.74 Å². The third-order valence-corrected chi connectivity index (χ3v) is 2.21. The summed E-state index contributed by atoms with van der Waals surface area (Å²) in [6, 6.07) is 3.92. The number of methoxy groups -OCH3 is 1. The van der Waals surface area contributed by atoms with Crippen LogP contribution in [0.15, 0.2) is 18.2 Å². The number of hydrogen-bond acceptors (Lipinski definition) is 4. The van der Waals surface area contributed by atoms with Crippen molar-refractivity contribution in [2.45, 2.75) is 19.4 Å². The largest absolute Gasteiger partial charge is 0.496 e. The van der Waals surface area contributed by atoms with Crippen molar-refractivity contribution in [1.29, 1.82) is 0 Å². The van der Waals surface area contributed by atoms with Gasteiger partial charge in [0.1, 0.15) is 11.6 Å². The fourth-order valence-corrected chi connectivity index (χ4v) is 1.44. The van der Waals surface area contributed by atoms with Gasteiger partial charge in [0.25, 0.3) is 0 Å². The Labute approximate surface area is 99.0 Å². The van der Waals surface area contributed by atoms with Gasteiger partial charge in [-0.25, -0.2) is 9.18 Å². The number of aliphatic hydroxyl groups is 1. The molecule has 0 saturated heterocycles. The maximum atomic E-state index is 13.0. The van der Waals surface area contributed by atoms with Crippen molar-refractivity contribution in [2.75, 3.05) is 13.7 Å². The lowest BCUT2D eigenvalue weighted by Crippen LogP contribution is -2.25. The van der Waals surface area contributed by atoms with E-state index in [1.54, 1.807) is 6.92 Å². The van der Waals surface area contributed by atoms with E-state index >= 15 is 0 Å². The lowest BCUT2D eigenvalue weighted by Gasteiger charge is -2.12. The molecule has 0 unspecified atom stereocenters. The Kier molecular flexibility index (Phi) is 4.90. The lowest BCUT2D eigenvalue weighted by molar-refractivity contribution is -0.152. The van der Waals surface area contributed by atoms with E-state index in [2.05, 4.69) is 4.74 Å². The molecule has 1 aromatic carbocycles. The first-order valence-corrected chi connectivity index (χ1v) is 5.25. The molecule has 0 aliphatic rings. The first-order valence-electron chi connectivity index (χ1n) is 5.25. The molecular weight excluding hydrogens is 227 g/mol. The predicted octanol–water partition coefficient (Wildman–Crippen LogP) is 1.30. The Hall–Kier alpha value is -1.62. The third-order valence-electron chi connectivity index (χ3n) is 2.21.